The van der Waals surface area contributed by atoms with Crippen LogP contribution in [-0.2, 0) is 4.74 Å². The summed E-state index contributed by atoms with van der Waals surface area (Å²) in [4.78, 5) is 12.7. The van der Waals surface area contributed by atoms with Crippen LogP contribution < -0.4 is 0 Å². The van der Waals surface area contributed by atoms with Gasteiger partial charge >= 0.3 is 0 Å². The molecule has 2 aromatic heterocycles. The molecular weight excluding hydrogens is 234 g/mol. The first-order valence-corrected chi connectivity index (χ1v) is 6.60. The molecule has 88 valence electrons. The second-order valence-electron chi connectivity index (χ2n) is 4.00. The minimum absolute atomic E-state index is 0.606. The van der Waals surface area contributed by atoms with Gasteiger partial charge in [-0.15, -0.1) is 11.8 Å². The predicted molar refractivity (Wildman–Crippen MR) is 67.0 cm³/mol. The summed E-state index contributed by atoms with van der Waals surface area (Å²) in [5.74, 6) is 0. The third-order valence-electron chi connectivity index (χ3n) is 2.85. The van der Waals surface area contributed by atoms with Crippen LogP contribution in [0, 0.1) is 0 Å². The molecule has 3 heterocycles. The first-order valence-electron chi connectivity index (χ1n) is 5.72. The number of nitrogens with zero attached hydrogens (tertiary/aromatic N) is 3. The van der Waals surface area contributed by atoms with Crippen LogP contribution in [0.25, 0.3) is 10.9 Å². The van der Waals surface area contributed by atoms with Gasteiger partial charge in [0.05, 0.1) is 11.7 Å². The zero-order valence-corrected chi connectivity index (χ0v) is 10.2. The Morgan fingerprint density at radius 3 is 3.00 bits per heavy atom. The fourth-order valence-electron chi connectivity index (χ4n) is 1.93. The average Bonchev–Trinajstić information content (AvgIpc) is 2.40. The van der Waals surface area contributed by atoms with Crippen LogP contribution in [-0.4, -0.2) is 33.4 Å². The molecule has 0 aliphatic carbocycles. The summed E-state index contributed by atoms with van der Waals surface area (Å²) in [5, 5.41) is 2.76. The second kappa shape index (κ2) is 4.98. The lowest BCUT2D eigenvalue weighted by molar-refractivity contribution is 0.1000. The molecule has 2 aromatic rings. The van der Waals surface area contributed by atoms with Gasteiger partial charge < -0.3 is 4.74 Å². The van der Waals surface area contributed by atoms with Gasteiger partial charge in [-0.2, -0.15) is 0 Å². The van der Waals surface area contributed by atoms with Crippen molar-refractivity contribution in [2.75, 3.05) is 13.2 Å². The maximum Gasteiger partial charge on any atom is 0.117 e. The van der Waals surface area contributed by atoms with Crippen molar-refractivity contribution in [3.63, 3.8) is 0 Å². The van der Waals surface area contributed by atoms with Crippen LogP contribution >= 0.6 is 11.8 Å². The van der Waals surface area contributed by atoms with Gasteiger partial charge in [0, 0.05) is 30.0 Å². The number of pyridine rings is 1. The topological polar surface area (TPSA) is 47.9 Å². The lowest BCUT2D eigenvalue weighted by Crippen LogP contribution is -2.17. The van der Waals surface area contributed by atoms with E-state index in [9.17, 15) is 0 Å². The van der Waals surface area contributed by atoms with Crippen molar-refractivity contribution in [3.8, 4) is 0 Å². The normalized spacial score (nSPS) is 17.4. The largest absolute Gasteiger partial charge is 0.381 e. The zero-order valence-electron chi connectivity index (χ0n) is 9.37. The maximum absolute atomic E-state index is 5.37. The van der Waals surface area contributed by atoms with E-state index in [4.69, 9.17) is 4.74 Å². The quantitative estimate of drug-likeness (QED) is 0.762. The van der Waals surface area contributed by atoms with Gasteiger partial charge in [0.25, 0.3) is 0 Å². The smallest absolute Gasteiger partial charge is 0.117 e. The molecular formula is C12H13N3OS. The molecule has 1 saturated heterocycles. The van der Waals surface area contributed by atoms with Gasteiger partial charge in [0.2, 0.25) is 0 Å². The SMILES string of the molecule is c1cc2c(SC3CCOCC3)ncnc2cn1. The van der Waals surface area contributed by atoms with Crippen molar-refractivity contribution < 1.29 is 4.74 Å². The van der Waals surface area contributed by atoms with Crippen LogP contribution in [0.15, 0.2) is 29.8 Å². The molecule has 5 heteroatoms. The van der Waals surface area contributed by atoms with Crippen LogP contribution in [0.3, 0.4) is 0 Å². The molecule has 1 aliphatic heterocycles. The molecule has 0 unspecified atom stereocenters. The minimum Gasteiger partial charge on any atom is -0.381 e. The van der Waals surface area contributed by atoms with E-state index in [1.165, 1.54) is 0 Å². The molecule has 0 bridgehead atoms. The molecule has 17 heavy (non-hydrogen) atoms. The van der Waals surface area contributed by atoms with Gasteiger partial charge in [-0.05, 0) is 18.9 Å². The van der Waals surface area contributed by atoms with E-state index < -0.39 is 0 Å². The molecule has 1 aliphatic rings. The number of hydrogen-bond donors (Lipinski definition) is 0. The zero-order chi connectivity index (χ0) is 11.5. The van der Waals surface area contributed by atoms with E-state index in [1.54, 1.807) is 18.7 Å². The summed E-state index contributed by atoms with van der Waals surface area (Å²) in [6, 6.07) is 1.98. The summed E-state index contributed by atoms with van der Waals surface area (Å²) >= 11 is 1.84. The Hall–Kier alpha value is -1.20. The van der Waals surface area contributed by atoms with Crippen LogP contribution in [0.1, 0.15) is 12.8 Å². The molecule has 0 radical (unpaired) electrons. The molecule has 4 nitrogen and oxygen atoms in total. The summed E-state index contributed by atoms with van der Waals surface area (Å²) in [5.41, 5.74) is 0.914. The van der Waals surface area contributed by atoms with Gasteiger partial charge in [-0.25, -0.2) is 9.97 Å². The standard InChI is InChI=1S/C12H13N3OS/c1-4-13-7-11-10(1)12(15-8-14-11)17-9-2-5-16-6-3-9/h1,4,7-9H,2-3,5-6H2. The highest BCUT2D eigenvalue weighted by Gasteiger charge is 2.17. The maximum atomic E-state index is 5.37. The Morgan fingerprint density at radius 2 is 2.12 bits per heavy atom. The fourth-order valence-corrected chi connectivity index (χ4v) is 3.08. The van der Waals surface area contributed by atoms with Crippen molar-refractivity contribution in [1.29, 1.82) is 0 Å². The highest BCUT2D eigenvalue weighted by atomic mass is 32.2. The Balaban J connectivity index is 1.89. The summed E-state index contributed by atoms with van der Waals surface area (Å²) in [7, 11) is 0. The Labute approximate surface area is 104 Å². The minimum atomic E-state index is 0.606. The third-order valence-corrected chi connectivity index (χ3v) is 4.20. The second-order valence-corrected chi connectivity index (χ2v) is 5.29. The average molecular weight is 247 g/mol. The number of rotatable bonds is 2. The van der Waals surface area contributed by atoms with E-state index in [1.807, 2.05) is 17.8 Å². The van der Waals surface area contributed by atoms with Crippen molar-refractivity contribution >= 4 is 22.7 Å². The van der Waals surface area contributed by atoms with Gasteiger partial charge in [0.1, 0.15) is 11.4 Å². The molecule has 0 atom stereocenters. The van der Waals surface area contributed by atoms with Gasteiger partial charge in [-0.1, -0.05) is 0 Å². The van der Waals surface area contributed by atoms with Gasteiger partial charge in [-0.3, -0.25) is 4.98 Å². The number of fused-ring (bicyclic) bond motifs is 1. The number of hydrogen-bond acceptors (Lipinski definition) is 5. The van der Waals surface area contributed by atoms with Crippen LogP contribution in [0.5, 0.6) is 0 Å². The number of ether oxygens (including phenoxy) is 1. The van der Waals surface area contributed by atoms with Crippen molar-refractivity contribution in [2.24, 2.45) is 0 Å². The Kier molecular flexibility index (Phi) is 3.20. The number of aromatic nitrogens is 3. The van der Waals surface area contributed by atoms with E-state index in [2.05, 4.69) is 15.0 Å². The summed E-state index contributed by atoms with van der Waals surface area (Å²) in [6.45, 7) is 1.73. The third kappa shape index (κ3) is 2.40. The van der Waals surface area contributed by atoms with Crippen molar-refractivity contribution in [2.45, 2.75) is 23.1 Å². The molecule has 0 amide bonds. The van der Waals surface area contributed by atoms with E-state index in [-0.39, 0.29) is 0 Å². The molecule has 3 rings (SSSR count). The molecule has 0 aromatic carbocycles. The lowest BCUT2D eigenvalue weighted by atomic mass is 10.2. The highest BCUT2D eigenvalue weighted by molar-refractivity contribution is 8.00. The molecule has 1 fully saturated rings. The monoisotopic (exact) mass is 247 g/mol. The van der Waals surface area contributed by atoms with E-state index >= 15 is 0 Å². The van der Waals surface area contributed by atoms with Crippen LogP contribution in [0.4, 0.5) is 0 Å². The van der Waals surface area contributed by atoms with Crippen molar-refractivity contribution in [3.05, 3.63) is 24.8 Å². The molecule has 0 saturated carbocycles. The fraction of sp³-hybridized carbons (Fsp3) is 0.417. The van der Waals surface area contributed by atoms with Crippen LogP contribution in [0.2, 0.25) is 0 Å². The first-order chi connectivity index (χ1) is 8.43. The number of thioether (sulfide) groups is 1. The Bertz CT molecular complexity index is 509. The predicted octanol–water partition coefficient (Wildman–Crippen LogP) is 2.30. The van der Waals surface area contributed by atoms with E-state index in [0.29, 0.717) is 5.25 Å². The Morgan fingerprint density at radius 1 is 1.24 bits per heavy atom. The summed E-state index contributed by atoms with van der Waals surface area (Å²) < 4.78 is 5.37. The summed E-state index contributed by atoms with van der Waals surface area (Å²) in [6.07, 6.45) is 7.39. The molecule has 0 N–H and O–H groups in total. The molecule has 0 spiro atoms. The highest BCUT2D eigenvalue weighted by Crippen LogP contribution is 2.31. The lowest BCUT2D eigenvalue weighted by Gasteiger charge is -2.21. The van der Waals surface area contributed by atoms with Crippen molar-refractivity contribution in [1.82, 2.24) is 15.0 Å². The first kappa shape index (κ1) is 10.9. The van der Waals surface area contributed by atoms with E-state index in [0.717, 1.165) is 42.0 Å². The van der Waals surface area contributed by atoms with Gasteiger partial charge in [0.15, 0.2) is 0 Å².